The Hall–Kier alpha value is -4.11. The number of hydrogen-bond acceptors (Lipinski definition) is 8. The molecule has 2 saturated heterocycles. The lowest BCUT2D eigenvalue weighted by Gasteiger charge is -2.31. The number of ether oxygens (including phenoxy) is 1. The number of sulfonamides is 1. The summed E-state index contributed by atoms with van der Waals surface area (Å²) in [7, 11) is -4.06. The van der Waals surface area contributed by atoms with Gasteiger partial charge in [-0.1, -0.05) is 12.1 Å². The third kappa shape index (κ3) is 7.47. The summed E-state index contributed by atoms with van der Waals surface area (Å²) >= 11 is 0. The predicted molar refractivity (Wildman–Crippen MR) is 159 cm³/mol. The number of amides is 1. The summed E-state index contributed by atoms with van der Waals surface area (Å²) in [5.41, 5.74) is 0.275. The van der Waals surface area contributed by atoms with E-state index in [9.17, 15) is 35.6 Å². The minimum atomic E-state index is -4.51. The monoisotopic (exact) mass is 663 g/mol. The Bertz CT molecular complexity index is 1660. The molecule has 2 aromatic carbocycles. The van der Waals surface area contributed by atoms with E-state index in [1.165, 1.54) is 12.1 Å². The van der Waals surface area contributed by atoms with Crippen LogP contribution in [0.3, 0.4) is 0 Å². The number of esters is 1. The SMILES string of the molecule is CCOC(=O)C1CCN(c2nc(CNC(=O)C3CCCN3S(=O)(=O)c3ccc(F)cc3)cc(-c3ccc(C(F)(F)F)cc3)n2)CC1. The quantitative estimate of drug-likeness (QED) is 0.262. The molecule has 0 aliphatic carbocycles. The van der Waals surface area contributed by atoms with Gasteiger partial charge in [0.15, 0.2) is 0 Å². The molecule has 2 fully saturated rings. The van der Waals surface area contributed by atoms with E-state index in [2.05, 4.69) is 15.3 Å². The number of anilines is 1. The molecule has 3 heterocycles. The van der Waals surface area contributed by atoms with E-state index in [0.29, 0.717) is 49.3 Å². The van der Waals surface area contributed by atoms with Crippen LogP contribution in [0, 0.1) is 11.7 Å². The average molecular weight is 664 g/mol. The number of hydrogen-bond donors (Lipinski definition) is 1. The smallest absolute Gasteiger partial charge is 0.416 e. The zero-order valence-electron chi connectivity index (χ0n) is 25.0. The molecule has 10 nitrogen and oxygen atoms in total. The average Bonchev–Trinajstić information content (AvgIpc) is 3.55. The van der Waals surface area contributed by atoms with E-state index in [4.69, 9.17) is 4.74 Å². The number of carbonyl (C=O) groups excluding carboxylic acids is 2. The van der Waals surface area contributed by atoms with Crippen molar-refractivity contribution >= 4 is 27.8 Å². The number of rotatable bonds is 9. The molecule has 15 heteroatoms. The van der Waals surface area contributed by atoms with Crippen LogP contribution in [0.5, 0.6) is 0 Å². The second-order valence-electron chi connectivity index (χ2n) is 11.1. The van der Waals surface area contributed by atoms with E-state index in [0.717, 1.165) is 40.7 Å². The fourth-order valence-corrected chi connectivity index (χ4v) is 7.25. The molecule has 0 radical (unpaired) electrons. The van der Waals surface area contributed by atoms with Gasteiger partial charge in [-0.2, -0.15) is 17.5 Å². The van der Waals surface area contributed by atoms with Crippen LogP contribution in [0.2, 0.25) is 0 Å². The molecular weight excluding hydrogens is 630 g/mol. The topological polar surface area (TPSA) is 122 Å². The lowest BCUT2D eigenvalue weighted by atomic mass is 9.97. The first kappa shape index (κ1) is 33.3. The largest absolute Gasteiger partial charge is 0.466 e. The molecule has 2 aliphatic rings. The highest BCUT2D eigenvalue weighted by Crippen LogP contribution is 2.32. The van der Waals surface area contributed by atoms with Gasteiger partial charge in [0.05, 0.1) is 40.9 Å². The lowest BCUT2D eigenvalue weighted by Crippen LogP contribution is -2.45. The summed E-state index contributed by atoms with van der Waals surface area (Å²) < 4.78 is 85.7. The van der Waals surface area contributed by atoms with Gasteiger partial charge < -0.3 is 15.0 Å². The highest BCUT2D eigenvalue weighted by atomic mass is 32.2. The van der Waals surface area contributed by atoms with Gasteiger partial charge >= 0.3 is 12.1 Å². The maximum Gasteiger partial charge on any atom is 0.416 e. The molecule has 0 bridgehead atoms. The lowest BCUT2D eigenvalue weighted by molar-refractivity contribution is -0.148. The van der Waals surface area contributed by atoms with Gasteiger partial charge in [-0.05, 0) is 75.1 Å². The van der Waals surface area contributed by atoms with Gasteiger partial charge in [-0.3, -0.25) is 9.59 Å². The first-order valence-corrected chi connectivity index (χ1v) is 16.3. The molecule has 1 amide bonds. The Morgan fingerprint density at radius 3 is 2.28 bits per heavy atom. The zero-order chi connectivity index (χ0) is 33.1. The number of alkyl halides is 3. The van der Waals surface area contributed by atoms with Gasteiger partial charge in [-0.25, -0.2) is 22.8 Å². The number of nitrogens with one attached hydrogen (secondary N) is 1. The highest BCUT2D eigenvalue weighted by molar-refractivity contribution is 7.89. The van der Waals surface area contributed by atoms with Gasteiger partial charge in [0.25, 0.3) is 0 Å². The van der Waals surface area contributed by atoms with Crippen LogP contribution >= 0.6 is 0 Å². The summed E-state index contributed by atoms with van der Waals surface area (Å²) in [6.45, 7) is 2.90. The van der Waals surface area contributed by atoms with Gasteiger partial charge in [0.2, 0.25) is 21.9 Å². The van der Waals surface area contributed by atoms with E-state index in [1.807, 2.05) is 4.90 Å². The third-order valence-electron chi connectivity index (χ3n) is 8.04. The van der Waals surface area contributed by atoms with Crippen LogP contribution in [-0.4, -0.2) is 66.9 Å². The van der Waals surface area contributed by atoms with Crippen LogP contribution in [0.15, 0.2) is 59.5 Å². The molecule has 246 valence electrons. The van der Waals surface area contributed by atoms with Crippen LogP contribution < -0.4 is 10.2 Å². The van der Waals surface area contributed by atoms with E-state index in [1.54, 1.807) is 13.0 Å². The molecular formula is C31H33F4N5O5S. The maximum atomic E-state index is 13.4. The first-order chi connectivity index (χ1) is 21.9. The van der Waals surface area contributed by atoms with E-state index < -0.39 is 39.5 Å². The molecule has 3 aromatic rings. The van der Waals surface area contributed by atoms with Crippen LogP contribution in [0.1, 0.15) is 43.9 Å². The number of piperidine rings is 1. The Kier molecular flexibility index (Phi) is 9.91. The Balaban J connectivity index is 1.36. The normalized spacial score (nSPS) is 18.0. The molecule has 1 atom stereocenters. The Morgan fingerprint density at radius 1 is 0.978 bits per heavy atom. The summed E-state index contributed by atoms with van der Waals surface area (Å²) in [6.07, 6.45) is -2.77. The summed E-state index contributed by atoms with van der Waals surface area (Å²) in [5.74, 6) is -1.39. The molecule has 0 spiro atoms. The second-order valence-corrected chi connectivity index (χ2v) is 13.0. The van der Waals surface area contributed by atoms with Gasteiger partial charge in [-0.15, -0.1) is 0 Å². The molecule has 1 N–H and O–H groups in total. The minimum Gasteiger partial charge on any atom is -0.466 e. The summed E-state index contributed by atoms with van der Waals surface area (Å²) in [5, 5.41) is 2.75. The van der Waals surface area contributed by atoms with Crippen molar-refractivity contribution in [3.8, 4) is 11.3 Å². The van der Waals surface area contributed by atoms with Crippen molar-refractivity contribution in [1.82, 2.24) is 19.6 Å². The van der Waals surface area contributed by atoms with Crippen molar-refractivity contribution in [2.24, 2.45) is 5.92 Å². The molecule has 0 saturated carbocycles. The fraction of sp³-hybridized carbons (Fsp3) is 0.419. The zero-order valence-corrected chi connectivity index (χ0v) is 25.8. The number of aromatic nitrogens is 2. The summed E-state index contributed by atoms with van der Waals surface area (Å²) in [4.78, 5) is 36.5. The number of halogens is 4. The number of benzene rings is 2. The molecule has 2 aliphatic heterocycles. The Morgan fingerprint density at radius 2 is 1.65 bits per heavy atom. The predicted octanol–water partition coefficient (Wildman–Crippen LogP) is 4.55. The van der Waals surface area contributed by atoms with Crippen molar-refractivity contribution in [2.45, 2.75) is 56.3 Å². The van der Waals surface area contributed by atoms with E-state index >= 15 is 0 Å². The maximum absolute atomic E-state index is 13.4. The van der Waals surface area contributed by atoms with Crippen molar-refractivity contribution < 1.29 is 40.3 Å². The highest BCUT2D eigenvalue weighted by Gasteiger charge is 2.39. The molecule has 5 rings (SSSR count). The van der Waals surface area contributed by atoms with Crippen molar-refractivity contribution in [2.75, 3.05) is 31.1 Å². The van der Waals surface area contributed by atoms with Gasteiger partial charge in [0.1, 0.15) is 11.9 Å². The fourth-order valence-electron chi connectivity index (χ4n) is 5.60. The third-order valence-corrected chi connectivity index (χ3v) is 9.97. The Labute approximate surface area is 263 Å². The van der Waals surface area contributed by atoms with Gasteiger partial charge in [0, 0.05) is 25.2 Å². The van der Waals surface area contributed by atoms with Crippen molar-refractivity contribution in [1.29, 1.82) is 0 Å². The van der Waals surface area contributed by atoms with Crippen LogP contribution in [0.25, 0.3) is 11.3 Å². The van der Waals surface area contributed by atoms with Crippen molar-refractivity contribution in [3.05, 3.63) is 71.7 Å². The number of carbonyl (C=O) groups is 2. The van der Waals surface area contributed by atoms with E-state index in [-0.39, 0.29) is 48.8 Å². The van der Waals surface area contributed by atoms with Crippen LogP contribution in [0.4, 0.5) is 23.5 Å². The first-order valence-electron chi connectivity index (χ1n) is 14.9. The van der Waals surface area contributed by atoms with Crippen molar-refractivity contribution in [3.63, 3.8) is 0 Å². The second kappa shape index (κ2) is 13.7. The molecule has 1 aromatic heterocycles. The minimum absolute atomic E-state index is 0.109. The standard InChI is InChI=1S/C31H33F4N5O5S/c1-2-45-29(42)21-13-16-39(17-14-21)30-37-24(18-26(38-30)20-5-7-22(8-6-20)31(33,34)35)19-36-28(41)27-4-3-15-40(27)46(43,44)25-11-9-23(32)10-12-25/h5-12,18,21,27H,2-4,13-17,19H2,1H3,(H,36,41). The molecule has 1 unspecified atom stereocenters. The molecule has 46 heavy (non-hydrogen) atoms. The van der Waals surface area contributed by atoms with Crippen LogP contribution in [-0.2, 0) is 37.1 Å². The number of nitrogens with zero attached hydrogens (tertiary/aromatic N) is 4. The summed E-state index contributed by atoms with van der Waals surface area (Å²) in [6, 6.07) is 9.47.